The minimum absolute atomic E-state index is 0.0315. The number of carbonyl (C=O) groups is 2. The number of fused-ring (bicyclic) bond motifs is 1. The molecule has 0 fully saturated rings. The summed E-state index contributed by atoms with van der Waals surface area (Å²) >= 11 is 0. The van der Waals surface area contributed by atoms with E-state index in [1.165, 1.54) is 21.9 Å². The fraction of sp³-hybridized carbons (Fsp3) is 0.400. The van der Waals surface area contributed by atoms with Gasteiger partial charge in [0.2, 0.25) is 0 Å². The Morgan fingerprint density at radius 2 is 1.94 bits per heavy atom. The predicted molar refractivity (Wildman–Crippen MR) is 111 cm³/mol. The number of aliphatic hydroxyl groups excluding tert-OH is 1. The molecule has 0 aliphatic carbocycles. The Morgan fingerprint density at radius 3 is 2.48 bits per heavy atom. The van der Waals surface area contributed by atoms with Gasteiger partial charge in [-0.3, -0.25) is 14.6 Å². The van der Waals surface area contributed by atoms with Gasteiger partial charge in [0.1, 0.15) is 12.4 Å². The number of sulfone groups is 1. The first-order valence-electron chi connectivity index (χ1n) is 9.59. The van der Waals surface area contributed by atoms with Crippen LogP contribution in [0.25, 0.3) is 11.1 Å². The second kappa shape index (κ2) is 8.69. The van der Waals surface area contributed by atoms with E-state index in [1.54, 1.807) is 18.3 Å². The van der Waals surface area contributed by atoms with Crippen molar-refractivity contribution in [3.05, 3.63) is 42.2 Å². The van der Waals surface area contributed by atoms with Crippen molar-refractivity contribution in [2.45, 2.75) is 24.6 Å². The van der Waals surface area contributed by atoms with Gasteiger partial charge in [0.15, 0.2) is 14.6 Å². The topological polar surface area (TPSA) is 138 Å². The molecule has 31 heavy (non-hydrogen) atoms. The first-order chi connectivity index (χ1) is 14.6. The third kappa shape index (κ3) is 4.43. The van der Waals surface area contributed by atoms with E-state index in [1.807, 2.05) is 18.2 Å². The van der Waals surface area contributed by atoms with Crippen molar-refractivity contribution in [3.63, 3.8) is 0 Å². The van der Waals surface area contributed by atoms with Crippen LogP contribution in [0.4, 0.5) is 4.79 Å². The van der Waals surface area contributed by atoms with Crippen LogP contribution in [-0.4, -0.2) is 70.9 Å². The standard InChI is InChI=1S/C20H25N3O7S/c1-20(18(25)21-27,31(2,28)29)7-8-22-13-16-11-15(12-23(16)19(22)26)14-3-5-17(6-4-14)30-10-9-24/h3-6,11-12,24,27H,7-10,13H2,1-2H3,(H,21,25)/t20-/m1/s1. The van der Waals surface area contributed by atoms with Gasteiger partial charge < -0.3 is 14.7 Å². The highest BCUT2D eigenvalue weighted by molar-refractivity contribution is 7.92. The maximum absolute atomic E-state index is 12.8. The molecule has 1 aromatic carbocycles. The zero-order valence-electron chi connectivity index (χ0n) is 17.2. The minimum atomic E-state index is -3.83. The molecule has 11 heteroatoms. The molecule has 2 aromatic rings. The fourth-order valence-corrected chi connectivity index (χ4v) is 4.24. The van der Waals surface area contributed by atoms with E-state index in [4.69, 9.17) is 15.1 Å². The number of hydroxylamine groups is 1. The molecule has 1 aromatic heterocycles. The molecule has 10 nitrogen and oxygen atoms in total. The minimum Gasteiger partial charge on any atom is -0.491 e. The van der Waals surface area contributed by atoms with Crippen LogP contribution in [0.5, 0.6) is 5.75 Å². The van der Waals surface area contributed by atoms with Gasteiger partial charge in [-0.15, -0.1) is 0 Å². The lowest BCUT2D eigenvalue weighted by Gasteiger charge is -2.27. The third-order valence-electron chi connectivity index (χ3n) is 5.54. The quantitative estimate of drug-likeness (QED) is 0.382. The molecule has 0 spiro atoms. The van der Waals surface area contributed by atoms with E-state index in [2.05, 4.69) is 0 Å². The summed E-state index contributed by atoms with van der Waals surface area (Å²) in [6.07, 6.45) is 2.47. The number of nitrogens with one attached hydrogen (secondary N) is 1. The lowest BCUT2D eigenvalue weighted by molar-refractivity contribution is -0.131. The monoisotopic (exact) mass is 451 g/mol. The van der Waals surface area contributed by atoms with Crippen LogP contribution in [-0.2, 0) is 21.2 Å². The van der Waals surface area contributed by atoms with E-state index in [0.717, 1.165) is 23.1 Å². The summed E-state index contributed by atoms with van der Waals surface area (Å²) in [5, 5.41) is 17.7. The van der Waals surface area contributed by atoms with Crippen LogP contribution in [0.3, 0.4) is 0 Å². The molecule has 0 saturated carbocycles. The van der Waals surface area contributed by atoms with E-state index < -0.39 is 20.5 Å². The van der Waals surface area contributed by atoms with Crippen molar-refractivity contribution in [3.8, 4) is 16.9 Å². The van der Waals surface area contributed by atoms with Crippen molar-refractivity contribution >= 4 is 21.8 Å². The number of nitrogens with zero attached hydrogens (tertiary/aromatic N) is 2. The summed E-state index contributed by atoms with van der Waals surface area (Å²) < 4.78 is 29.2. The van der Waals surface area contributed by atoms with Crippen molar-refractivity contribution in [2.75, 3.05) is 26.0 Å². The summed E-state index contributed by atoms with van der Waals surface area (Å²) in [6, 6.07) is 8.82. The van der Waals surface area contributed by atoms with Crippen LogP contribution in [0, 0.1) is 0 Å². The second-order valence-electron chi connectivity index (χ2n) is 7.58. The Morgan fingerprint density at radius 1 is 1.26 bits per heavy atom. The van der Waals surface area contributed by atoms with Gasteiger partial charge in [0, 0.05) is 30.3 Å². The van der Waals surface area contributed by atoms with E-state index in [-0.39, 0.29) is 38.8 Å². The van der Waals surface area contributed by atoms with Gasteiger partial charge in [-0.05, 0) is 37.1 Å². The van der Waals surface area contributed by atoms with Crippen LogP contribution >= 0.6 is 0 Å². The Hall–Kier alpha value is -2.89. The number of hydrogen-bond donors (Lipinski definition) is 3. The average molecular weight is 452 g/mol. The zero-order valence-corrected chi connectivity index (χ0v) is 18.1. The highest BCUT2D eigenvalue weighted by Crippen LogP contribution is 2.30. The van der Waals surface area contributed by atoms with Crippen LogP contribution in [0.1, 0.15) is 19.0 Å². The fourth-order valence-electron chi connectivity index (χ4n) is 3.40. The highest BCUT2D eigenvalue weighted by atomic mass is 32.2. The molecular formula is C20H25N3O7S. The molecule has 2 amide bonds. The maximum Gasteiger partial charge on any atom is 0.328 e. The molecule has 0 unspecified atom stereocenters. The van der Waals surface area contributed by atoms with Gasteiger partial charge in [0.25, 0.3) is 5.91 Å². The molecule has 168 valence electrons. The van der Waals surface area contributed by atoms with Gasteiger partial charge >= 0.3 is 6.03 Å². The van der Waals surface area contributed by atoms with Crippen molar-refractivity contribution in [2.24, 2.45) is 0 Å². The molecule has 0 bridgehead atoms. The number of aliphatic hydroxyl groups is 1. The second-order valence-corrected chi connectivity index (χ2v) is 10.0. The van der Waals surface area contributed by atoms with Crippen molar-refractivity contribution in [1.82, 2.24) is 14.9 Å². The van der Waals surface area contributed by atoms with Gasteiger partial charge in [-0.2, -0.15) is 0 Å². The molecular weight excluding hydrogens is 426 g/mol. The van der Waals surface area contributed by atoms with Crippen molar-refractivity contribution in [1.29, 1.82) is 0 Å². The molecule has 2 heterocycles. The first-order valence-corrected chi connectivity index (χ1v) is 11.5. The number of benzene rings is 1. The Kier molecular flexibility index (Phi) is 6.39. The van der Waals surface area contributed by atoms with Gasteiger partial charge in [-0.25, -0.2) is 18.7 Å². The molecule has 3 rings (SSSR count). The molecule has 0 radical (unpaired) electrons. The summed E-state index contributed by atoms with van der Waals surface area (Å²) in [6.45, 7) is 1.67. The number of carbonyl (C=O) groups excluding carboxylic acids is 2. The molecule has 1 aliphatic rings. The van der Waals surface area contributed by atoms with Crippen LogP contribution in [0.2, 0.25) is 0 Å². The highest BCUT2D eigenvalue weighted by Gasteiger charge is 2.44. The maximum atomic E-state index is 12.8. The lowest BCUT2D eigenvalue weighted by Crippen LogP contribution is -2.50. The summed E-state index contributed by atoms with van der Waals surface area (Å²) in [5.41, 5.74) is 3.88. The normalized spacial score (nSPS) is 15.5. The Labute approximate surface area is 179 Å². The Bertz CT molecular complexity index is 1080. The summed E-state index contributed by atoms with van der Waals surface area (Å²) in [5.74, 6) is -0.400. The van der Waals surface area contributed by atoms with E-state index >= 15 is 0 Å². The average Bonchev–Trinajstić information content (AvgIpc) is 3.28. The van der Waals surface area contributed by atoms with Crippen LogP contribution < -0.4 is 10.2 Å². The number of amides is 2. The van der Waals surface area contributed by atoms with E-state index in [9.17, 15) is 18.0 Å². The first kappa shape index (κ1) is 22.8. The molecule has 1 atom stereocenters. The number of rotatable bonds is 9. The lowest BCUT2D eigenvalue weighted by atomic mass is 10.1. The Balaban J connectivity index is 1.70. The predicted octanol–water partition coefficient (Wildman–Crippen LogP) is 1.01. The molecule has 0 saturated heterocycles. The number of ether oxygens (including phenoxy) is 1. The largest absolute Gasteiger partial charge is 0.491 e. The molecule has 3 N–H and O–H groups in total. The summed E-state index contributed by atoms with van der Waals surface area (Å²) in [4.78, 5) is 26.2. The number of hydrogen-bond acceptors (Lipinski definition) is 7. The SMILES string of the molecule is C[C@@](CCN1Cc2cc(-c3ccc(OCCO)cc3)cn2C1=O)(C(=O)NO)S(C)(=O)=O. The summed E-state index contributed by atoms with van der Waals surface area (Å²) in [7, 11) is -3.83. The van der Waals surface area contributed by atoms with Gasteiger partial charge in [0.05, 0.1) is 13.2 Å². The third-order valence-corrected chi connectivity index (χ3v) is 7.56. The molecule has 1 aliphatic heterocycles. The number of aromatic nitrogens is 1. The van der Waals surface area contributed by atoms with E-state index in [0.29, 0.717) is 5.75 Å². The zero-order chi connectivity index (χ0) is 22.8. The van der Waals surface area contributed by atoms with Crippen LogP contribution in [0.15, 0.2) is 36.5 Å². The van der Waals surface area contributed by atoms with Gasteiger partial charge in [-0.1, -0.05) is 12.1 Å². The smallest absolute Gasteiger partial charge is 0.328 e. The van der Waals surface area contributed by atoms with Crippen molar-refractivity contribution < 1.29 is 33.1 Å².